The van der Waals surface area contributed by atoms with Crippen LogP contribution in [0.1, 0.15) is 97.0 Å². The highest BCUT2D eigenvalue weighted by Gasteiger charge is 2.45. The van der Waals surface area contributed by atoms with Gasteiger partial charge < -0.3 is 78.4 Å². The molecule has 454 valence electrons. The zero-order chi connectivity index (χ0) is 60.4. The fourth-order valence-corrected chi connectivity index (χ4v) is 11.5. The van der Waals surface area contributed by atoms with Crippen LogP contribution in [0.25, 0.3) is 10.9 Å². The summed E-state index contributed by atoms with van der Waals surface area (Å²) in [6, 6.07) is -5.11. The van der Waals surface area contributed by atoms with Gasteiger partial charge in [0, 0.05) is 43.2 Å². The highest BCUT2D eigenvalue weighted by molar-refractivity contribution is 7.98. The lowest BCUT2D eigenvalue weighted by Gasteiger charge is -2.33. The number of rotatable bonds is 31. The van der Waals surface area contributed by atoms with Crippen molar-refractivity contribution in [3.63, 3.8) is 0 Å². The summed E-state index contributed by atoms with van der Waals surface area (Å²) >= 11 is 2.90. The molecule has 10 amide bonds. The van der Waals surface area contributed by atoms with E-state index in [0.717, 1.165) is 21.4 Å². The van der Waals surface area contributed by atoms with Gasteiger partial charge >= 0.3 is 5.97 Å². The monoisotopic (exact) mass is 1190 g/mol. The maximum absolute atomic E-state index is 14.5. The number of nitrogens with zero attached hydrogens (tertiary/aromatic N) is 3. The number of para-hydroxylation sites is 1. The van der Waals surface area contributed by atoms with Crippen LogP contribution in [0.3, 0.4) is 0 Å². The summed E-state index contributed by atoms with van der Waals surface area (Å²) in [4.78, 5) is 157. The Morgan fingerprint density at radius 1 is 0.659 bits per heavy atom. The van der Waals surface area contributed by atoms with Gasteiger partial charge in [-0.1, -0.05) is 38.5 Å². The molecule has 1 aromatic carbocycles. The zero-order valence-electron chi connectivity index (χ0n) is 47.2. The highest BCUT2D eigenvalue weighted by Crippen LogP contribution is 2.25. The fraction of sp³-hybridized carbons (Fsp3) is 0.648. The van der Waals surface area contributed by atoms with E-state index in [1.54, 1.807) is 20.0 Å². The standard InChI is InChI=1S/C54H82N12O14S2/c1-6-29(2)43(62-46(72)33(55)26-31-27-57-34-13-8-7-12-32(31)34)51(77)61-38(28-67)47(73)63-44(30(3)68)54(80)66-23-11-16-41(66)50(76)59-36(17-18-42(69)70)52(78)64-21-10-15-40(64)49(75)60-37(20-25-82-5)53(79)65-22-9-14-39(65)48(74)58-35(45(56)71)19-24-81-4/h7-8,12-13,27,29-30,33,35-41,43-44,57,67-68H,6,9-11,14-26,28,55H2,1-5H3,(H2,56,71)(H,58,74)(H,59,76)(H,60,75)(H,61,77)(H,62,72)(H,63,73)(H,69,70)/t29-,30+,33-,35-,36-,37-,38-,39-,40-,41-,43-,44-/m0/s1. The van der Waals surface area contributed by atoms with E-state index in [9.17, 15) is 68.1 Å². The minimum Gasteiger partial charge on any atom is -0.481 e. The van der Waals surface area contributed by atoms with E-state index in [1.807, 2.05) is 36.8 Å². The number of amides is 10. The summed E-state index contributed by atoms with van der Waals surface area (Å²) in [5, 5.41) is 47.4. The van der Waals surface area contributed by atoms with Gasteiger partial charge in [0.25, 0.3) is 0 Å². The van der Waals surface area contributed by atoms with Crippen LogP contribution in [0.5, 0.6) is 0 Å². The number of primary amides is 1. The quantitative estimate of drug-likeness (QED) is 0.0396. The Hall–Kier alpha value is -6.49. The number of hydrogen-bond donors (Lipinski definition) is 12. The molecule has 82 heavy (non-hydrogen) atoms. The number of H-pyrrole nitrogens is 1. The predicted molar refractivity (Wildman–Crippen MR) is 306 cm³/mol. The molecule has 26 nitrogen and oxygen atoms in total. The van der Waals surface area contributed by atoms with Crippen molar-refractivity contribution < 1.29 is 68.1 Å². The second-order valence-electron chi connectivity index (χ2n) is 21.2. The van der Waals surface area contributed by atoms with Crippen molar-refractivity contribution in [2.75, 3.05) is 50.3 Å². The summed E-state index contributed by atoms with van der Waals surface area (Å²) in [6.45, 7) is 3.94. The molecule has 14 N–H and O–H groups in total. The Labute approximate surface area is 485 Å². The molecular weight excluding hydrogens is 1100 g/mol. The van der Waals surface area contributed by atoms with E-state index >= 15 is 0 Å². The average molecular weight is 1190 g/mol. The van der Waals surface area contributed by atoms with Gasteiger partial charge in [-0.25, -0.2) is 0 Å². The summed E-state index contributed by atoms with van der Waals surface area (Å²) in [6.07, 6.45) is 5.49. The molecule has 5 rings (SSSR count). The first kappa shape index (κ1) is 66.3. The number of fused-ring (bicyclic) bond motifs is 1. The van der Waals surface area contributed by atoms with Gasteiger partial charge in [-0.05, 0) is 113 Å². The lowest BCUT2D eigenvalue weighted by atomic mass is 9.97. The third kappa shape index (κ3) is 17.5. The number of thioether (sulfide) groups is 2. The van der Waals surface area contributed by atoms with Crippen LogP contribution in [-0.2, 0) is 59.2 Å². The highest BCUT2D eigenvalue weighted by atomic mass is 32.2. The second kappa shape index (κ2) is 31.8. The Morgan fingerprint density at radius 2 is 1.15 bits per heavy atom. The first-order valence-corrected chi connectivity index (χ1v) is 30.7. The van der Waals surface area contributed by atoms with Gasteiger partial charge in [0.15, 0.2) is 0 Å². The third-order valence-electron chi connectivity index (χ3n) is 15.4. The van der Waals surface area contributed by atoms with Crippen LogP contribution < -0.4 is 43.4 Å². The van der Waals surface area contributed by atoms with Gasteiger partial charge in [0.2, 0.25) is 59.1 Å². The fourth-order valence-electron chi connectivity index (χ4n) is 10.5. The molecule has 0 spiro atoms. The van der Waals surface area contributed by atoms with E-state index in [-0.39, 0.29) is 51.7 Å². The number of aliphatic hydroxyl groups is 2. The van der Waals surface area contributed by atoms with Crippen LogP contribution >= 0.6 is 23.5 Å². The van der Waals surface area contributed by atoms with Crippen molar-refractivity contribution >= 4 is 99.5 Å². The molecule has 0 saturated carbocycles. The zero-order valence-corrected chi connectivity index (χ0v) is 48.8. The normalized spacial score (nSPS) is 20.3. The van der Waals surface area contributed by atoms with E-state index in [2.05, 4.69) is 36.9 Å². The molecule has 0 aliphatic carbocycles. The predicted octanol–water partition coefficient (Wildman–Crippen LogP) is -1.81. The third-order valence-corrected chi connectivity index (χ3v) is 16.7. The molecule has 1 aromatic heterocycles. The first-order chi connectivity index (χ1) is 39.1. The van der Waals surface area contributed by atoms with Gasteiger partial charge in [-0.2, -0.15) is 23.5 Å². The summed E-state index contributed by atoms with van der Waals surface area (Å²) in [5.74, 6) is -8.34. The molecule has 12 atom stereocenters. The number of carboxylic acids is 1. The average Bonchev–Trinajstić information content (AvgIpc) is 4.40. The molecule has 0 unspecified atom stereocenters. The molecule has 3 fully saturated rings. The largest absolute Gasteiger partial charge is 0.481 e. The lowest BCUT2D eigenvalue weighted by Crippen LogP contribution is -2.62. The number of hydrogen-bond acceptors (Lipinski definition) is 16. The minimum absolute atomic E-state index is 0.0393. The van der Waals surface area contributed by atoms with Crippen LogP contribution in [0.2, 0.25) is 0 Å². The molecule has 2 aromatic rings. The number of aliphatic carboxylic acids is 1. The summed E-state index contributed by atoms with van der Waals surface area (Å²) in [5.41, 5.74) is 13.5. The number of nitrogens with two attached hydrogens (primary N) is 2. The topological polar surface area (TPSA) is 398 Å². The van der Waals surface area contributed by atoms with E-state index in [0.29, 0.717) is 43.6 Å². The number of aliphatic hydroxyl groups excluding tert-OH is 2. The first-order valence-electron chi connectivity index (χ1n) is 27.9. The van der Waals surface area contributed by atoms with Crippen molar-refractivity contribution in [1.82, 2.24) is 51.6 Å². The summed E-state index contributed by atoms with van der Waals surface area (Å²) < 4.78 is 0. The smallest absolute Gasteiger partial charge is 0.303 e. The van der Waals surface area contributed by atoms with Gasteiger partial charge in [0.05, 0.1) is 18.8 Å². The van der Waals surface area contributed by atoms with Gasteiger partial charge in [0.1, 0.15) is 54.4 Å². The molecule has 0 radical (unpaired) electrons. The number of aromatic nitrogens is 1. The number of benzene rings is 1. The number of carbonyl (C=O) groups is 11. The maximum Gasteiger partial charge on any atom is 0.303 e. The SMILES string of the molecule is CC[C@H](C)[C@H](NC(=O)[C@@H](N)Cc1c[nH]c2ccccc12)C(=O)N[C@@H](CO)C(=O)N[C@H](C(=O)N1CCC[C@H]1C(=O)N[C@@H](CCC(=O)O)C(=O)N1CCC[C@H]1C(=O)N[C@@H](CCSC)C(=O)N1CCC[C@H]1C(=O)N[C@@H](CCSC)C(N)=O)[C@@H](C)O. The number of carbonyl (C=O) groups excluding carboxylic acids is 10. The Kier molecular flexibility index (Phi) is 25.7. The minimum atomic E-state index is -1.73. The van der Waals surface area contributed by atoms with Crippen LogP contribution in [0.15, 0.2) is 30.5 Å². The van der Waals surface area contributed by atoms with E-state index in [4.69, 9.17) is 11.5 Å². The maximum atomic E-state index is 14.5. The van der Waals surface area contributed by atoms with E-state index in [1.165, 1.54) is 40.2 Å². The molecular formula is C54H82N12O14S2. The number of aromatic amines is 1. The van der Waals surface area contributed by atoms with Crippen molar-refractivity contribution in [2.45, 2.75) is 164 Å². The molecule has 3 saturated heterocycles. The Bertz CT molecular complexity index is 2610. The van der Waals surface area contributed by atoms with E-state index < -0.39 is 157 Å². The lowest BCUT2D eigenvalue weighted by molar-refractivity contribution is -0.146. The van der Waals surface area contributed by atoms with Gasteiger partial charge in [-0.3, -0.25) is 52.7 Å². The van der Waals surface area contributed by atoms with Gasteiger partial charge in [-0.15, -0.1) is 0 Å². The molecule has 0 bridgehead atoms. The van der Waals surface area contributed by atoms with Crippen molar-refractivity contribution in [3.05, 3.63) is 36.0 Å². The van der Waals surface area contributed by atoms with Crippen LogP contribution in [-0.4, -0.2) is 217 Å². The van der Waals surface area contributed by atoms with Crippen molar-refractivity contribution in [1.29, 1.82) is 0 Å². The summed E-state index contributed by atoms with van der Waals surface area (Å²) in [7, 11) is 0. The number of carboxylic acid groups (broad SMARTS) is 1. The molecule has 3 aliphatic rings. The van der Waals surface area contributed by atoms with Crippen LogP contribution in [0, 0.1) is 5.92 Å². The number of likely N-dealkylation sites (tertiary alicyclic amines) is 3. The molecule has 4 heterocycles. The molecule has 28 heteroatoms. The van der Waals surface area contributed by atoms with Crippen molar-refractivity contribution in [2.24, 2.45) is 17.4 Å². The van der Waals surface area contributed by atoms with Crippen LogP contribution in [0.4, 0.5) is 0 Å². The Balaban J connectivity index is 1.24. The van der Waals surface area contributed by atoms with Crippen molar-refractivity contribution in [3.8, 4) is 0 Å². The molecule has 3 aliphatic heterocycles. The second-order valence-corrected chi connectivity index (χ2v) is 23.1. The Morgan fingerprint density at radius 3 is 1.63 bits per heavy atom. The number of nitrogens with one attached hydrogen (secondary N) is 7.